The van der Waals surface area contributed by atoms with E-state index in [9.17, 15) is 4.39 Å². The molecule has 2 aromatic rings. The highest BCUT2D eigenvalue weighted by molar-refractivity contribution is 6.41. The first kappa shape index (κ1) is 11.6. The Bertz CT molecular complexity index is 453. The van der Waals surface area contributed by atoms with E-state index in [1.165, 1.54) is 6.20 Å². The third kappa shape index (κ3) is 2.01. The third-order valence-corrected chi connectivity index (χ3v) is 2.98. The zero-order chi connectivity index (χ0) is 11.7. The van der Waals surface area contributed by atoms with E-state index in [1.807, 2.05) is 0 Å². The van der Waals surface area contributed by atoms with Gasteiger partial charge in [-0.3, -0.25) is 4.98 Å². The quantitative estimate of drug-likeness (QED) is 0.725. The maximum Gasteiger partial charge on any atom is 0.150 e. The van der Waals surface area contributed by atoms with Crippen molar-refractivity contribution in [2.45, 2.75) is 0 Å². The lowest BCUT2D eigenvalue weighted by atomic mass is 10.1. The van der Waals surface area contributed by atoms with Gasteiger partial charge in [-0.1, -0.05) is 40.9 Å². The summed E-state index contributed by atoms with van der Waals surface area (Å²) in [7, 11) is 0. The highest BCUT2D eigenvalue weighted by atomic mass is 35.5. The Morgan fingerprint density at radius 3 is 2.06 bits per heavy atom. The summed E-state index contributed by atoms with van der Waals surface area (Å²) in [5.41, 5.74) is 0.558. The minimum atomic E-state index is -0.553. The van der Waals surface area contributed by atoms with Crippen LogP contribution in [0.1, 0.15) is 0 Å². The van der Waals surface area contributed by atoms with Crippen LogP contribution in [0, 0.1) is 5.82 Å². The fourth-order valence-corrected chi connectivity index (χ4v) is 2.21. The average Bonchev–Trinajstić information content (AvgIpc) is 2.21. The second kappa shape index (κ2) is 4.58. The molecule has 0 unspecified atom stereocenters. The molecule has 0 amide bonds. The molecule has 16 heavy (non-hydrogen) atoms. The second-order valence-corrected chi connectivity index (χ2v) is 4.30. The fraction of sp³-hybridized carbons (Fsp3) is 0. The molecular weight excluding hydrogens is 271 g/mol. The van der Waals surface area contributed by atoms with Gasteiger partial charge in [0.25, 0.3) is 0 Å². The van der Waals surface area contributed by atoms with Crippen molar-refractivity contribution in [3.05, 3.63) is 51.5 Å². The number of hydrogen-bond donors (Lipinski definition) is 0. The highest BCUT2D eigenvalue weighted by Gasteiger charge is 2.16. The molecule has 0 aliphatic rings. The van der Waals surface area contributed by atoms with Gasteiger partial charge in [0.2, 0.25) is 0 Å². The number of halogens is 4. The van der Waals surface area contributed by atoms with Gasteiger partial charge in [0.1, 0.15) is 0 Å². The van der Waals surface area contributed by atoms with Gasteiger partial charge in [0, 0.05) is 17.3 Å². The summed E-state index contributed by atoms with van der Waals surface area (Å²) in [5.74, 6) is -0.553. The van der Waals surface area contributed by atoms with Crippen molar-refractivity contribution in [3.63, 3.8) is 0 Å². The number of nitrogens with zero attached hydrogens (tertiary/aromatic N) is 1. The van der Waals surface area contributed by atoms with Crippen LogP contribution < -0.4 is 0 Å². The topological polar surface area (TPSA) is 12.9 Å². The molecule has 0 atom stereocenters. The standard InChI is InChI=1S/C11H5Cl3FN/c12-6-2-1-3-7(13)10(6)11-8(14)4-16-5-9(11)15/h1-5H. The predicted octanol–water partition coefficient (Wildman–Crippen LogP) is 4.85. The van der Waals surface area contributed by atoms with E-state index in [2.05, 4.69) is 4.98 Å². The zero-order valence-electron chi connectivity index (χ0n) is 7.85. The molecule has 1 heterocycles. The monoisotopic (exact) mass is 275 g/mol. The number of hydrogen-bond acceptors (Lipinski definition) is 1. The van der Waals surface area contributed by atoms with Crippen molar-refractivity contribution < 1.29 is 4.39 Å². The summed E-state index contributed by atoms with van der Waals surface area (Å²) >= 11 is 17.8. The van der Waals surface area contributed by atoms with Crippen LogP contribution in [0.25, 0.3) is 11.1 Å². The van der Waals surface area contributed by atoms with E-state index >= 15 is 0 Å². The summed E-state index contributed by atoms with van der Waals surface area (Å²) in [6.45, 7) is 0. The van der Waals surface area contributed by atoms with Crippen LogP contribution >= 0.6 is 34.8 Å². The SMILES string of the molecule is Fc1cncc(Cl)c1-c1c(Cl)cccc1Cl. The molecule has 0 aliphatic carbocycles. The van der Waals surface area contributed by atoms with Crippen molar-refractivity contribution >= 4 is 34.8 Å². The van der Waals surface area contributed by atoms with E-state index in [0.29, 0.717) is 15.6 Å². The Morgan fingerprint density at radius 2 is 1.50 bits per heavy atom. The molecule has 82 valence electrons. The van der Waals surface area contributed by atoms with Gasteiger partial charge >= 0.3 is 0 Å². The van der Waals surface area contributed by atoms with Crippen molar-refractivity contribution in [1.29, 1.82) is 0 Å². The molecule has 1 aromatic carbocycles. The fourth-order valence-electron chi connectivity index (χ4n) is 1.39. The Morgan fingerprint density at radius 1 is 0.875 bits per heavy atom. The van der Waals surface area contributed by atoms with Crippen LogP contribution in [0.4, 0.5) is 4.39 Å². The summed E-state index contributed by atoms with van der Waals surface area (Å²) in [6, 6.07) is 4.93. The molecular formula is C11H5Cl3FN. The van der Waals surface area contributed by atoms with Crippen LogP contribution in [-0.4, -0.2) is 4.98 Å². The lowest BCUT2D eigenvalue weighted by molar-refractivity contribution is 0.625. The lowest BCUT2D eigenvalue weighted by Gasteiger charge is -2.09. The first-order valence-corrected chi connectivity index (χ1v) is 5.48. The minimum Gasteiger partial charge on any atom is -0.260 e. The van der Waals surface area contributed by atoms with Gasteiger partial charge in [-0.2, -0.15) is 0 Å². The van der Waals surface area contributed by atoms with E-state index in [1.54, 1.807) is 18.2 Å². The van der Waals surface area contributed by atoms with E-state index in [-0.39, 0.29) is 10.6 Å². The van der Waals surface area contributed by atoms with Crippen molar-refractivity contribution in [2.24, 2.45) is 0 Å². The first-order valence-electron chi connectivity index (χ1n) is 4.34. The van der Waals surface area contributed by atoms with Crippen LogP contribution in [-0.2, 0) is 0 Å². The molecule has 2 rings (SSSR count). The van der Waals surface area contributed by atoms with E-state index < -0.39 is 5.82 Å². The van der Waals surface area contributed by atoms with Crippen LogP contribution in [0.15, 0.2) is 30.6 Å². The Labute approximate surface area is 107 Å². The molecule has 0 bridgehead atoms. The molecule has 0 fully saturated rings. The van der Waals surface area contributed by atoms with Crippen molar-refractivity contribution in [2.75, 3.05) is 0 Å². The molecule has 0 saturated heterocycles. The molecule has 0 saturated carbocycles. The minimum absolute atomic E-state index is 0.173. The smallest absolute Gasteiger partial charge is 0.150 e. The number of benzene rings is 1. The van der Waals surface area contributed by atoms with Gasteiger partial charge in [0.05, 0.1) is 21.3 Å². The molecule has 1 aromatic heterocycles. The van der Waals surface area contributed by atoms with Crippen molar-refractivity contribution in [3.8, 4) is 11.1 Å². The molecule has 0 radical (unpaired) electrons. The molecule has 5 heteroatoms. The lowest BCUT2D eigenvalue weighted by Crippen LogP contribution is -1.90. The second-order valence-electron chi connectivity index (χ2n) is 3.07. The van der Waals surface area contributed by atoms with Gasteiger partial charge in [0.15, 0.2) is 5.82 Å². The predicted molar refractivity (Wildman–Crippen MR) is 64.7 cm³/mol. The molecule has 0 aliphatic heterocycles. The first-order chi connectivity index (χ1) is 7.61. The van der Waals surface area contributed by atoms with Gasteiger partial charge in [-0.15, -0.1) is 0 Å². The van der Waals surface area contributed by atoms with Crippen LogP contribution in [0.3, 0.4) is 0 Å². The summed E-state index contributed by atoms with van der Waals surface area (Å²) in [6.07, 6.45) is 2.42. The van der Waals surface area contributed by atoms with E-state index in [4.69, 9.17) is 34.8 Å². The third-order valence-electron chi connectivity index (χ3n) is 2.07. The van der Waals surface area contributed by atoms with Gasteiger partial charge < -0.3 is 0 Å². The molecule has 1 nitrogen and oxygen atoms in total. The molecule has 0 spiro atoms. The average molecular weight is 277 g/mol. The van der Waals surface area contributed by atoms with Crippen LogP contribution in [0.5, 0.6) is 0 Å². The highest BCUT2D eigenvalue weighted by Crippen LogP contribution is 2.39. The normalized spacial score (nSPS) is 10.5. The maximum atomic E-state index is 13.6. The summed E-state index contributed by atoms with van der Waals surface area (Å²) in [4.78, 5) is 3.64. The Kier molecular flexibility index (Phi) is 3.33. The summed E-state index contributed by atoms with van der Waals surface area (Å²) < 4.78 is 13.6. The summed E-state index contributed by atoms with van der Waals surface area (Å²) in [5, 5.41) is 0.869. The van der Waals surface area contributed by atoms with Gasteiger partial charge in [-0.25, -0.2) is 4.39 Å². The van der Waals surface area contributed by atoms with Gasteiger partial charge in [-0.05, 0) is 12.1 Å². The number of aromatic nitrogens is 1. The number of pyridine rings is 1. The van der Waals surface area contributed by atoms with E-state index in [0.717, 1.165) is 6.20 Å². The largest absolute Gasteiger partial charge is 0.260 e. The van der Waals surface area contributed by atoms with Crippen LogP contribution in [0.2, 0.25) is 15.1 Å². The zero-order valence-corrected chi connectivity index (χ0v) is 10.1. The maximum absolute atomic E-state index is 13.6. The number of rotatable bonds is 1. The van der Waals surface area contributed by atoms with Crippen molar-refractivity contribution in [1.82, 2.24) is 4.98 Å². The Hall–Kier alpha value is -0.830. The Balaban J connectivity index is 2.77. The molecule has 0 N–H and O–H groups in total.